The molecule has 0 aliphatic rings. The Balaban J connectivity index is 1.89. The van der Waals surface area contributed by atoms with E-state index in [1.807, 2.05) is 0 Å². The van der Waals surface area contributed by atoms with E-state index in [0.29, 0.717) is 5.92 Å². The van der Waals surface area contributed by atoms with Gasteiger partial charge in [-0.05, 0) is 81.2 Å². The van der Waals surface area contributed by atoms with E-state index >= 15 is 0 Å². The molecule has 0 heterocycles. The lowest BCUT2D eigenvalue weighted by Crippen LogP contribution is -2.08. The molecule has 2 aromatic rings. The average Bonchev–Trinajstić information content (AvgIpc) is 2.60. The first-order valence-corrected chi connectivity index (χ1v) is 9.63. The van der Waals surface area contributed by atoms with E-state index in [-0.39, 0.29) is 6.10 Å². The van der Waals surface area contributed by atoms with Gasteiger partial charge in [0.05, 0.1) is 6.10 Å². The predicted octanol–water partition coefficient (Wildman–Crippen LogP) is 5.49. The molecular weight excluding hydrogens is 306 g/mol. The third-order valence-electron chi connectivity index (χ3n) is 4.58. The molecule has 2 rings (SSSR count). The average molecular weight is 340 g/mol. The number of aryl methyl sites for hydroxylation is 2. The van der Waals surface area contributed by atoms with Crippen molar-refractivity contribution in [3.8, 4) is 5.75 Å². The van der Waals surface area contributed by atoms with Gasteiger partial charge >= 0.3 is 0 Å². The second kappa shape index (κ2) is 10.2. The molecular formula is C23H33NO. The highest BCUT2D eigenvalue weighted by atomic mass is 16.5. The molecule has 0 bridgehead atoms. The normalized spacial score (nSPS) is 12.4. The molecule has 1 unspecified atom stereocenters. The Morgan fingerprint density at radius 1 is 0.880 bits per heavy atom. The van der Waals surface area contributed by atoms with Gasteiger partial charge in [-0.1, -0.05) is 49.4 Å². The van der Waals surface area contributed by atoms with E-state index < -0.39 is 0 Å². The van der Waals surface area contributed by atoms with Gasteiger partial charge in [-0.15, -0.1) is 0 Å². The quantitative estimate of drug-likeness (QED) is 0.621. The van der Waals surface area contributed by atoms with Crippen LogP contribution < -0.4 is 10.5 Å². The van der Waals surface area contributed by atoms with Crippen molar-refractivity contribution in [2.24, 2.45) is 5.73 Å². The number of hydrogen-bond donors (Lipinski definition) is 1. The van der Waals surface area contributed by atoms with Crippen molar-refractivity contribution in [3.63, 3.8) is 0 Å². The fourth-order valence-electron chi connectivity index (χ4n) is 3.26. The number of rotatable bonds is 10. The highest BCUT2D eigenvalue weighted by Crippen LogP contribution is 2.30. The lowest BCUT2D eigenvalue weighted by molar-refractivity contribution is 0.238. The Morgan fingerprint density at radius 2 is 1.56 bits per heavy atom. The van der Waals surface area contributed by atoms with Crippen molar-refractivity contribution in [1.29, 1.82) is 0 Å². The zero-order valence-electron chi connectivity index (χ0n) is 16.0. The van der Waals surface area contributed by atoms with Crippen LogP contribution in [0.4, 0.5) is 0 Å². The zero-order chi connectivity index (χ0) is 18.1. The summed E-state index contributed by atoms with van der Waals surface area (Å²) in [5, 5.41) is 0. The molecule has 136 valence electrons. The molecule has 0 saturated carbocycles. The molecule has 0 amide bonds. The van der Waals surface area contributed by atoms with Crippen LogP contribution in [-0.2, 0) is 12.8 Å². The molecule has 0 spiro atoms. The predicted molar refractivity (Wildman–Crippen MR) is 107 cm³/mol. The van der Waals surface area contributed by atoms with Crippen LogP contribution in [0.5, 0.6) is 5.75 Å². The summed E-state index contributed by atoms with van der Waals surface area (Å²) in [4.78, 5) is 0. The summed E-state index contributed by atoms with van der Waals surface area (Å²) in [6.07, 6.45) is 5.86. The smallest absolute Gasteiger partial charge is 0.123 e. The van der Waals surface area contributed by atoms with E-state index in [0.717, 1.165) is 31.6 Å². The van der Waals surface area contributed by atoms with E-state index in [4.69, 9.17) is 10.5 Å². The molecule has 0 aliphatic heterocycles. The molecule has 0 aromatic heterocycles. The Kier molecular flexibility index (Phi) is 8.00. The van der Waals surface area contributed by atoms with Crippen molar-refractivity contribution in [2.45, 2.75) is 64.9 Å². The number of ether oxygens (including phenoxy) is 1. The van der Waals surface area contributed by atoms with Crippen LogP contribution >= 0.6 is 0 Å². The van der Waals surface area contributed by atoms with Crippen LogP contribution in [-0.4, -0.2) is 12.6 Å². The van der Waals surface area contributed by atoms with Crippen molar-refractivity contribution in [2.75, 3.05) is 6.54 Å². The maximum Gasteiger partial charge on any atom is 0.123 e. The van der Waals surface area contributed by atoms with Crippen molar-refractivity contribution in [1.82, 2.24) is 0 Å². The van der Waals surface area contributed by atoms with Gasteiger partial charge in [0.1, 0.15) is 5.75 Å². The van der Waals surface area contributed by atoms with Crippen LogP contribution in [0.3, 0.4) is 0 Å². The van der Waals surface area contributed by atoms with Crippen molar-refractivity contribution >= 4 is 0 Å². The lowest BCUT2D eigenvalue weighted by atomic mass is 9.93. The Bertz CT molecular complexity index is 635. The summed E-state index contributed by atoms with van der Waals surface area (Å²) >= 11 is 0. The first-order chi connectivity index (χ1) is 12.1. The first-order valence-electron chi connectivity index (χ1n) is 9.63. The maximum absolute atomic E-state index is 5.97. The van der Waals surface area contributed by atoms with Gasteiger partial charge in [-0.2, -0.15) is 0 Å². The van der Waals surface area contributed by atoms with Crippen molar-refractivity contribution < 1.29 is 4.74 Å². The second-order valence-corrected chi connectivity index (χ2v) is 7.21. The molecule has 0 radical (unpaired) electrons. The largest absolute Gasteiger partial charge is 0.491 e. The minimum atomic E-state index is 0.213. The molecule has 1 atom stereocenters. The van der Waals surface area contributed by atoms with Crippen LogP contribution in [0.2, 0.25) is 0 Å². The highest BCUT2D eigenvalue weighted by molar-refractivity contribution is 5.36. The molecule has 2 aromatic carbocycles. The van der Waals surface area contributed by atoms with Gasteiger partial charge in [0, 0.05) is 0 Å². The molecule has 2 N–H and O–H groups in total. The minimum Gasteiger partial charge on any atom is -0.491 e. The number of benzene rings is 2. The Hall–Kier alpha value is -1.80. The number of nitrogens with two attached hydrogens (primary N) is 1. The monoisotopic (exact) mass is 339 g/mol. The number of para-hydroxylation sites is 1. The SMILES string of the molecule is CC(C)Oc1ccccc1C(C)CCCc1cccc(CCCN)c1. The van der Waals surface area contributed by atoms with E-state index in [1.165, 1.54) is 29.5 Å². The third kappa shape index (κ3) is 6.55. The van der Waals surface area contributed by atoms with Gasteiger partial charge in [0.15, 0.2) is 0 Å². The minimum absolute atomic E-state index is 0.213. The fraction of sp³-hybridized carbons (Fsp3) is 0.478. The molecule has 0 saturated heterocycles. The van der Waals surface area contributed by atoms with Gasteiger partial charge in [-0.3, -0.25) is 0 Å². The van der Waals surface area contributed by atoms with Gasteiger partial charge in [0.25, 0.3) is 0 Å². The fourth-order valence-corrected chi connectivity index (χ4v) is 3.26. The van der Waals surface area contributed by atoms with Gasteiger partial charge < -0.3 is 10.5 Å². The summed E-state index contributed by atoms with van der Waals surface area (Å²) in [7, 11) is 0. The lowest BCUT2D eigenvalue weighted by Gasteiger charge is -2.18. The Morgan fingerprint density at radius 3 is 2.24 bits per heavy atom. The summed E-state index contributed by atoms with van der Waals surface area (Å²) in [5.74, 6) is 1.55. The van der Waals surface area contributed by atoms with Crippen LogP contribution in [0.25, 0.3) is 0 Å². The van der Waals surface area contributed by atoms with Gasteiger partial charge in [-0.25, -0.2) is 0 Å². The van der Waals surface area contributed by atoms with Crippen LogP contribution in [0.1, 0.15) is 62.6 Å². The van der Waals surface area contributed by atoms with Crippen molar-refractivity contribution in [3.05, 3.63) is 65.2 Å². The second-order valence-electron chi connectivity index (χ2n) is 7.21. The molecule has 0 aliphatic carbocycles. The molecule has 25 heavy (non-hydrogen) atoms. The topological polar surface area (TPSA) is 35.2 Å². The molecule has 2 nitrogen and oxygen atoms in total. The molecule has 2 heteroatoms. The number of hydrogen-bond acceptors (Lipinski definition) is 2. The van der Waals surface area contributed by atoms with Crippen LogP contribution in [0, 0.1) is 0 Å². The van der Waals surface area contributed by atoms with E-state index in [9.17, 15) is 0 Å². The standard InChI is InChI=1S/C23H33NO/c1-18(2)25-23-15-5-4-14-22(23)19(3)9-6-10-20-11-7-12-21(17-20)13-8-16-24/h4-5,7,11-12,14-15,17-19H,6,8-10,13,16,24H2,1-3H3. The highest BCUT2D eigenvalue weighted by Gasteiger charge is 2.12. The first kappa shape index (κ1) is 19.5. The maximum atomic E-state index is 5.97. The van der Waals surface area contributed by atoms with Crippen LogP contribution in [0.15, 0.2) is 48.5 Å². The Labute approximate surface area is 153 Å². The summed E-state index contributed by atoms with van der Waals surface area (Å²) in [5.41, 5.74) is 9.79. The zero-order valence-corrected chi connectivity index (χ0v) is 16.0. The molecule has 0 fully saturated rings. The summed E-state index contributed by atoms with van der Waals surface area (Å²) in [6, 6.07) is 17.4. The van der Waals surface area contributed by atoms with E-state index in [2.05, 4.69) is 69.3 Å². The third-order valence-corrected chi connectivity index (χ3v) is 4.58. The van der Waals surface area contributed by atoms with E-state index in [1.54, 1.807) is 0 Å². The van der Waals surface area contributed by atoms with Gasteiger partial charge in [0.2, 0.25) is 0 Å². The summed E-state index contributed by atoms with van der Waals surface area (Å²) < 4.78 is 5.97. The summed E-state index contributed by atoms with van der Waals surface area (Å²) in [6.45, 7) is 7.23.